The van der Waals surface area contributed by atoms with Gasteiger partial charge in [-0.15, -0.1) is 0 Å². The summed E-state index contributed by atoms with van der Waals surface area (Å²) in [4.78, 5) is 16.3. The molecule has 0 saturated carbocycles. The standard InChI is InChI=1S/C16H13N3O3S/c1-8-6-13(20)22-15-14(8)9(2)18-19(15)16-17-11-5-4-10(21-3)7-12(11)23-16/h4-7H,1-3H3. The van der Waals surface area contributed by atoms with Crippen molar-refractivity contribution in [1.82, 2.24) is 14.8 Å². The summed E-state index contributed by atoms with van der Waals surface area (Å²) in [5.41, 5.74) is 2.54. The lowest BCUT2D eigenvalue weighted by molar-refractivity contribution is 0.415. The predicted molar refractivity (Wildman–Crippen MR) is 88.8 cm³/mol. The first-order valence-corrected chi connectivity index (χ1v) is 7.83. The number of aromatic nitrogens is 3. The van der Waals surface area contributed by atoms with Crippen LogP contribution in [-0.2, 0) is 0 Å². The molecular formula is C16H13N3O3S. The van der Waals surface area contributed by atoms with E-state index in [1.54, 1.807) is 11.8 Å². The molecule has 1 aromatic carbocycles. The van der Waals surface area contributed by atoms with Crippen LogP contribution in [0.15, 0.2) is 33.5 Å². The number of hydrogen-bond donors (Lipinski definition) is 0. The van der Waals surface area contributed by atoms with Crippen LogP contribution < -0.4 is 10.4 Å². The first-order valence-electron chi connectivity index (χ1n) is 7.02. The van der Waals surface area contributed by atoms with Crippen LogP contribution in [0.1, 0.15) is 11.3 Å². The fourth-order valence-electron chi connectivity index (χ4n) is 2.67. The highest BCUT2D eigenvalue weighted by Gasteiger charge is 2.17. The van der Waals surface area contributed by atoms with E-state index < -0.39 is 0 Å². The Labute approximate surface area is 134 Å². The van der Waals surface area contributed by atoms with E-state index in [1.165, 1.54) is 17.4 Å². The Morgan fingerprint density at radius 2 is 2.09 bits per heavy atom. The van der Waals surface area contributed by atoms with Crippen LogP contribution in [0, 0.1) is 13.8 Å². The van der Waals surface area contributed by atoms with Crippen LogP contribution in [0.5, 0.6) is 5.75 Å². The molecule has 0 radical (unpaired) electrons. The van der Waals surface area contributed by atoms with Crippen LogP contribution in [0.4, 0.5) is 0 Å². The maximum Gasteiger partial charge on any atom is 0.337 e. The van der Waals surface area contributed by atoms with Gasteiger partial charge in [-0.2, -0.15) is 9.78 Å². The van der Waals surface area contributed by atoms with Crippen molar-refractivity contribution in [3.63, 3.8) is 0 Å². The Balaban J connectivity index is 2.00. The largest absolute Gasteiger partial charge is 0.497 e. The number of methoxy groups -OCH3 is 1. The molecule has 0 bridgehead atoms. The molecule has 23 heavy (non-hydrogen) atoms. The van der Waals surface area contributed by atoms with Crippen molar-refractivity contribution < 1.29 is 9.15 Å². The highest BCUT2D eigenvalue weighted by atomic mass is 32.1. The second-order valence-corrected chi connectivity index (χ2v) is 6.27. The first kappa shape index (κ1) is 14.0. The summed E-state index contributed by atoms with van der Waals surface area (Å²) in [5.74, 6) is 0.775. The first-order chi connectivity index (χ1) is 11.1. The number of nitrogens with zero attached hydrogens (tertiary/aromatic N) is 3. The molecule has 3 heterocycles. The van der Waals surface area contributed by atoms with E-state index >= 15 is 0 Å². The van der Waals surface area contributed by atoms with E-state index in [0.717, 1.165) is 32.6 Å². The highest BCUT2D eigenvalue weighted by molar-refractivity contribution is 7.20. The number of fused-ring (bicyclic) bond motifs is 2. The normalized spacial score (nSPS) is 11.4. The molecule has 4 aromatic rings. The van der Waals surface area contributed by atoms with Crippen molar-refractivity contribution in [1.29, 1.82) is 0 Å². The van der Waals surface area contributed by atoms with Crippen molar-refractivity contribution in [2.75, 3.05) is 7.11 Å². The average molecular weight is 327 g/mol. The van der Waals surface area contributed by atoms with Gasteiger partial charge in [-0.1, -0.05) is 11.3 Å². The number of aryl methyl sites for hydroxylation is 2. The molecule has 0 N–H and O–H groups in total. The van der Waals surface area contributed by atoms with Crippen molar-refractivity contribution in [2.45, 2.75) is 13.8 Å². The molecular weight excluding hydrogens is 314 g/mol. The summed E-state index contributed by atoms with van der Waals surface area (Å²) in [6.07, 6.45) is 0. The van der Waals surface area contributed by atoms with Gasteiger partial charge < -0.3 is 9.15 Å². The second-order valence-electron chi connectivity index (χ2n) is 5.26. The maximum atomic E-state index is 11.7. The number of ether oxygens (including phenoxy) is 1. The second kappa shape index (κ2) is 4.92. The van der Waals surface area contributed by atoms with Crippen LogP contribution in [-0.4, -0.2) is 21.9 Å². The third kappa shape index (κ3) is 2.12. The fraction of sp³-hybridized carbons (Fsp3) is 0.188. The van der Waals surface area contributed by atoms with Gasteiger partial charge in [-0.25, -0.2) is 9.78 Å². The lowest BCUT2D eigenvalue weighted by Gasteiger charge is -1.97. The third-order valence-electron chi connectivity index (χ3n) is 3.71. The van der Waals surface area contributed by atoms with E-state index in [4.69, 9.17) is 9.15 Å². The summed E-state index contributed by atoms with van der Waals surface area (Å²) in [6, 6.07) is 7.16. The zero-order valence-electron chi connectivity index (χ0n) is 12.8. The SMILES string of the molecule is COc1ccc2nc(-n3nc(C)c4c(C)cc(=O)oc43)sc2c1. The van der Waals surface area contributed by atoms with Crippen molar-refractivity contribution >= 4 is 32.7 Å². The molecule has 0 atom stereocenters. The van der Waals surface area contributed by atoms with Gasteiger partial charge in [0.2, 0.25) is 10.8 Å². The minimum absolute atomic E-state index is 0.390. The number of thiazole rings is 1. The molecule has 0 aliphatic carbocycles. The summed E-state index contributed by atoms with van der Waals surface area (Å²) in [5, 5.41) is 6.00. The minimum Gasteiger partial charge on any atom is -0.497 e. The number of rotatable bonds is 2. The van der Waals surface area contributed by atoms with Gasteiger partial charge in [0.25, 0.3) is 0 Å². The fourth-order valence-corrected chi connectivity index (χ4v) is 3.61. The molecule has 0 amide bonds. The molecule has 116 valence electrons. The van der Waals surface area contributed by atoms with Gasteiger partial charge in [0.05, 0.1) is 28.4 Å². The molecule has 0 aliphatic rings. The summed E-state index contributed by atoms with van der Waals surface area (Å²) >= 11 is 1.47. The van der Waals surface area contributed by atoms with E-state index in [9.17, 15) is 4.79 Å². The van der Waals surface area contributed by atoms with E-state index in [2.05, 4.69) is 10.1 Å². The van der Waals surface area contributed by atoms with Gasteiger partial charge in [0.15, 0.2) is 0 Å². The smallest absolute Gasteiger partial charge is 0.337 e. The Hall–Kier alpha value is -2.67. The van der Waals surface area contributed by atoms with Crippen molar-refractivity contribution in [3.8, 4) is 10.9 Å². The maximum absolute atomic E-state index is 11.7. The lowest BCUT2D eigenvalue weighted by Crippen LogP contribution is -2.01. The summed E-state index contributed by atoms with van der Waals surface area (Å²) in [7, 11) is 1.63. The number of benzene rings is 1. The monoisotopic (exact) mass is 327 g/mol. The molecule has 4 rings (SSSR count). The molecule has 0 saturated heterocycles. The minimum atomic E-state index is -0.390. The Bertz CT molecular complexity index is 1110. The zero-order chi connectivity index (χ0) is 16.1. The van der Waals surface area contributed by atoms with Crippen LogP contribution in [0.25, 0.3) is 26.4 Å². The molecule has 0 unspecified atom stereocenters. The van der Waals surface area contributed by atoms with E-state index in [-0.39, 0.29) is 5.63 Å². The Kier molecular flexibility index (Phi) is 2.99. The van der Waals surface area contributed by atoms with Gasteiger partial charge in [-0.3, -0.25) is 0 Å². The van der Waals surface area contributed by atoms with Crippen LogP contribution in [0.3, 0.4) is 0 Å². The molecule has 0 fully saturated rings. The molecule has 0 aliphatic heterocycles. The topological polar surface area (TPSA) is 70.2 Å². The summed E-state index contributed by atoms with van der Waals surface area (Å²) in [6.45, 7) is 3.77. The molecule has 0 spiro atoms. The predicted octanol–water partition coefficient (Wildman–Crippen LogP) is 3.21. The van der Waals surface area contributed by atoms with Gasteiger partial charge in [0.1, 0.15) is 5.75 Å². The van der Waals surface area contributed by atoms with Gasteiger partial charge in [-0.05, 0) is 37.6 Å². The highest BCUT2D eigenvalue weighted by Crippen LogP contribution is 2.30. The molecule has 7 heteroatoms. The Morgan fingerprint density at radius 3 is 2.87 bits per heavy atom. The Morgan fingerprint density at radius 1 is 1.26 bits per heavy atom. The lowest BCUT2D eigenvalue weighted by atomic mass is 10.2. The van der Waals surface area contributed by atoms with E-state index in [0.29, 0.717) is 10.8 Å². The van der Waals surface area contributed by atoms with E-state index in [1.807, 2.05) is 32.0 Å². The average Bonchev–Trinajstić information content (AvgIpc) is 3.07. The van der Waals surface area contributed by atoms with Gasteiger partial charge >= 0.3 is 5.63 Å². The quantitative estimate of drug-likeness (QED) is 0.565. The number of hydrogen-bond acceptors (Lipinski definition) is 6. The van der Waals surface area contributed by atoms with Crippen molar-refractivity contribution in [2.24, 2.45) is 0 Å². The molecule has 3 aromatic heterocycles. The zero-order valence-corrected chi connectivity index (χ0v) is 13.6. The summed E-state index contributed by atoms with van der Waals surface area (Å²) < 4.78 is 13.2. The van der Waals surface area contributed by atoms with Crippen LogP contribution >= 0.6 is 11.3 Å². The third-order valence-corrected chi connectivity index (χ3v) is 4.70. The van der Waals surface area contributed by atoms with Crippen molar-refractivity contribution in [3.05, 3.63) is 45.9 Å². The van der Waals surface area contributed by atoms with Crippen LogP contribution in [0.2, 0.25) is 0 Å². The van der Waals surface area contributed by atoms with Gasteiger partial charge in [0, 0.05) is 6.07 Å². The molecule has 6 nitrogen and oxygen atoms in total.